The number of nitrogens with zero attached hydrogens (tertiary/aromatic N) is 1. The second kappa shape index (κ2) is 6.12. The molecule has 0 bridgehead atoms. The molecule has 92 valence electrons. The summed E-state index contributed by atoms with van der Waals surface area (Å²) in [5.74, 6) is 0.885. The Morgan fingerprint density at radius 1 is 1.47 bits per heavy atom. The number of nitrogens with one attached hydrogen (secondary N) is 1. The monoisotopic (exact) mass is 287 g/mol. The van der Waals surface area contributed by atoms with E-state index in [9.17, 15) is 0 Å². The van der Waals surface area contributed by atoms with Gasteiger partial charge < -0.3 is 10.1 Å². The molecular weight excluding hydrogens is 271 g/mol. The van der Waals surface area contributed by atoms with E-state index in [0.717, 1.165) is 25.4 Å². The molecule has 0 spiro atoms. The molecule has 0 amide bonds. The van der Waals surface area contributed by atoms with Gasteiger partial charge in [0.1, 0.15) is 5.75 Å². The van der Waals surface area contributed by atoms with Crippen molar-refractivity contribution < 1.29 is 4.74 Å². The van der Waals surface area contributed by atoms with Crippen LogP contribution in [0.25, 0.3) is 0 Å². The predicted molar refractivity (Wildman–Crippen MR) is 78.6 cm³/mol. The van der Waals surface area contributed by atoms with Crippen molar-refractivity contribution in [2.24, 2.45) is 0 Å². The van der Waals surface area contributed by atoms with Crippen molar-refractivity contribution in [3.63, 3.8) is 0 Å². The Morgan fingerprint density at radius 3 is 2.76 bits per heavy atom. The molecule has 17 heavy (non-hydrogen) atoms. The Labute approximate surface area is 113 Å². The van der Waals surface area contributed by atoms with Crippen LogP contribution in [0.3, 0.4) is 0 Å². The van der Waals surface area contributed by atoms with Crippen molar-refractivity contribution in [2.75, 3.05) is 26.7 Å². The van der Waals surface area contributed by atoms with Crippen LogP contribution in [-0.4, -0.2) is 31.4 Å². The average molecular weight is 287 g/mol. The molecule has 3 nitrogen and oxygen atoms in total. The van der Waals surface area contributed by atoms with Gasteiger partial charge in [-0.05, 0) is 17.7 Å². The maximum absolute atomic E-state index is 5.33. The van der Waals surface area contributed by atoms with Gasteiger partial charge in [-0.25, -0.2) is 0 Å². The lowest BCUT2D eigenvalue weighted by Gasteiger charge is -2.28. The van der Waals surface area contributed by atoms with Crippen LogP contribution in [0.1, 0.15) is 11.6 Å². The first-order valence-electron chi connectivity index (χ1n) is 5.49. The molecule has 0 radical (unpaired) electrons. The molecule has 2 unspecified atom stereocenters. The molecule has 1 aromatic carbocycles. The van der Waals surface area contributed by atoms with E-state index in [1.54, 1.807) is 7.11 Å². The molecule has 1 fully saturated rings. The first-order chi connectivity index (χ1) is 8.22. The summed E-state index contributed by atoms with van der Waals surface area (Å²) in [5, 5.41) is 3.40. The summed E-state index contributed by atoms with van der Waals surface area (Å²) in [6.45, 7) is 2.89. The molecule has 0 aromatic heterocycles. The Morgan fingerprint density at radius 2 is 2.18 bits per heavy atom. The molecule has 1 aliphatic rings. The van der Waals surface area contributed by atoms with Gasteiger partial charge in [0.15, 0.2) is 11.8 Å². The first kappa shape index (κ1) is 13.2. The van der Waals surface area contributed by atoms with Crippen LogP contribution in [0.5, 0.6) is 5.75 Å². The molecule has 1 aliphatic heterocycles. The number of methoxy groups -OCH3 is 1. The molecule has 2 atom stereocenters. The highest BCUT2D eigenvalue weighted by Crippen LogP contribution is 2.40. The second-order valence-electron chi connectivity index (χ2n) is 3.91. The van der Waals surface area contributed by atoms with Gasteiger partial charge in [-0.3, -0.25) is 0 Å². The lowest BCUT2D eigenvalue weighted by molar-refractivity contribution is 0.293. The second-order valence-corrected chi connectivity index (χ2v) is 7.91. The Bertz CT molecular complexity index is 399. The number of rotatable bonds is 3. The van der Waals surface area contributed by atoms with E-state index in [1.165, 1.54) is 5.56 Å². The predicted octanol–water partition coefficient (Wildman–Crippen LogP) is 2.35. The quantitative estimate of drug-likeness (QED) is 0.658. The van der Waals surface area contributed by atoms with Crippen molar-refractivity contribution in [1.29, 1.82) is 0 Å². The number of hydrogen-bond donors (Lipinski definition) is 2. The molecular formula is C11H16N2OPS2+. The first-order valence-corrected chi connectivity index (χ1v) is 8.96. The summed E-state index contributed by atoms with van der Waals surface area (Å²) in [7, 11) is 1.68. The maximum Gasteiger partial charge on any atom is 0.338 e. The molecule has 1 heterocycles. The Balaban J connectivity index is 2.20. The third-order valence-electron chi connectivity index (χ3n) is 2.94. The van der Waals surface area contributed by atoms with Crippen molar-refractivity contribution in [3.8, 4) is 5.75 Å². The van der Waals surface area contributed by atoms with Crippen LogP contribution < -0.4 is 10.1 Å². The zero-order chi connectivity index (χ0) is 12.3. The third kappa shape index (κ3) is 3.18. The third-order valence-corrected chi connectivity index (χ3v) is 5.17. The highest BCUT2D eigenvalue weighted by atomic mass is 32.9. The number of benzene rings is 1. The number of hydrogen-bond acceptors (Lipinski definition) is 3. The number of piperazine rings is 1. The highest BCUT2D eigenvalue weighted by molar-refractivity contribution is 8.55. The van der Waals surface area contributed by atoms with Crippen LogP contribution in [0.4, 0.5) is 0 Å². The van der Waals surface area contributed by atoms with E-state index in [1.807, 2.05) is 12.1 Å². The number of thiol groups is 1. The number of ether oxygens (including phenoxy) is 1. The summed E-state index contributed by atoms with van der Waals surface area (Å²) in [6, 6.07) is 7.77. The smallest absolute Gasteiger partial charge is 0.338 e. The minimum atomic E-state index is -0.753. The van der Waals surface area contributed by atoms with Gasteiger partial charge in [0.05, 0.1) is 31.9 Å². The topological polar surface area (TPSA) is 24.5 Å². The van der Waals surface area contributed by atoms with Crippen LogP contribution in [-0.2, 0) is 11.8 Å². The average Bonchev–Trinajstić information content (AvgIpc) is 2.39. The fourth-order valence-corrected chi connectivity index (χ4v) is 3.97. The Kier molecular flexibility index (Phi) is 4.77. The maximum atomic E-state index is 5.33. The van der Waals surface area contributed by atoms with E-state index >= 15 is 0 Å². The van der Waals surface area contributed by atoms with Crippen LogP contribution in [0, 0.1) is 0 Å². The molecule has 0 aliphatic carbocycles. The molecule has 1 N–H and O–H groups in total. The van der Waals surface area contributed by atoms with E-state index in [2.05, 4.69) is 34.4 Å². The summed E-state index contributed by atoms with van der Waals surface area (Å²) < 4.78 is 7.47. The summed E-state index contributed by atoms with van der Waals surface area (Å²) in [5.41, 5.74) is 1.27. The van der Waals surface area contributed by atoms with Crippen molar-refractivity contribution in [1.82, 2.24) is 9.99 Å². The van der Waals surface area contributed by atoms with Gasteiger partial charge in [-0.1, -0.05) is 12.1 Å². The van der Waals surface area contributed by atoms with Crippen molar-refractivity contribution in [3.05, 3.63) is 29.8 Å². The lowest BCUT2D eigenvalue weighted by Crippen LogP contribution is -2.42. The van der Waals surface area contributed by atoms with Crippen LogP contribution in [0.15, 0.2) is 24.3 Å². The largest absolute Gasteiger partial charge is 0.497 e. The van der Waals surface area contributed by atoms with Gasteiger partial charge in [-0.15, -0.1) is 4.67 Å². The van der Waals surface area contributed by atoms with E-state index < -0.39 is 6.05 Å². The van der Waals surface area contributed by atoms with Crippen LogP contribution >= 0.6 is 18.3 Å². The summed E-state index contributed by atoms with van der Waals surface area (Å²) >= 11 is 9.77. The molecule has 6 heteroatoms. The van der Waals surface area contributed by atoms with Crippen molar-refractivity contribution >= 4 is 30.1 Å². The lowest BCUT2D eigenvalue weighted by atomic mass is 10.1. The van der Waals surface area contributed by atoms with Gasteiger partial charge in [0.25, 0.3) is 0 Å². The zero-order valence-corrected chi connectivity index (χ0v) is 12.3. The van der Waals surface area contributed by atoms with Gasteiger partial charge in [0.2, 0.25) is 0 Å². The molecule has 1 aromatic rings. The van der Waals surface area contributed by atoms with E-state index in [4.69, 9.17) is 16.5 Å². The zero-order valence-electron chi connectivity index (χ0n) is 9.67. The molecule has 2 rings (SSSR count). The highest BCUT2D eigenvalue weighted by Gasteiger charge is 2.32. The van der Waals surface area contributed by atoms with Gasteiger partial charge in [-0.2, -0.15) is 0 Å². The fraction of sp³-hybridized carbons (Fsp3) is 0.455. The SMILES string of the molecule is COc1ccc(C2CNCCN2[P+](=S)S)cc1. The van der Waals surface area contributed by atoms with E-state index in [-0.39, 0.29) is 0 Å². The minimum Gasteiger partial charge on any atom is -0.497 e. The van der Waals surface area contributed by atoms with E-state index in [0.29, 0.717) is 6.04 Å². The van der Waals surface area contributed by atoms with Gasteiger partial charge in [0, 0.05) is 13.1 Å². The Hall–Kier alpha value is -0.190. The molecule has 1 saturated heterocycles. The van der Waals surface area contributed by atoms with Gasteiger partial charge >= 0.3 is 6.05 Å². The normalized spacial score (nSPS) is 22.2. The standard InChI is InChI=1S/C11H15N2OPS2/c1-14-10-4-2-9(3-5-10)11-8-12-6-7-13(11)15(16)17/h2-5,11-12H,6-8H2,1H3/p+1. The summed E-state index contributed by atoms with van der Waals surface area (Å²) in [4.78, 5) is 0. The van der Waals surface area contributed by atoms with Crippen LogP contribution in [0.2, 0.25) is 0 Å². The summed E-state index contributed by atoms with van der Waals surface area (Å²) in [6.07, 6.45) is 0. The van der Waals surface area contributed by atoms with Crippen molar-refractivity contribution in [2.45, 2.75) is 6.04 Å². The molecule has 0 saturated carbocycles. The minimum absolute atomic E-state index is 0.329. The fourth-order valence-electron chi connectivity index (χ4n) is 2.01.